The molecule has 4 rings (SSSR count). The standard InChI is InChI=1S/C20H17ClN4O2/c1-13(20-24-17-4-2-3-5-18(17)27-20)23-19(26)15-8-6-14(7-9-15)11-25-12-16(21)10-22-25/h2-10,12-13H,11H2,1H3,(H,23,26). The Labute approximate surface area is 160 Å². The van der Waals surface area contributed by atoms with Crippen molar-refractivity contribution in [3.63, 3.8) is 0 Å². The normalized spacial score (nSPS) is 12.2. The number of nitrogens with zero attached hydrogens (tertiary/aromatic N) is 3. The molecule has 0 spiro atoms. The molecule has 2 aromatic carbocycles. The first kappa shape index (κ1) is 17.3. The number of hydrogen-bond donors (Lipinski definition) is 1. The molecule has 1 atom stereocenters. The Balaban J connectivity index is 1.42. The maximum Gasteiger partial charge on any atom is 0.251 e. The molecule has 0 bridgehead atoms. The molecule has 0 saturated carbocycles. The number of para-hydroxylation sites is 2. The van der Waals surface area contributed by atoms with Gasteiger partial charge in [-0.1, -0.05) is 35.9 Å². The largest absolute Gasteiger partial charge is 0.438 e. The molecule has 0 saturated heterocycles. The van der Waals surface area contributed by atoms with Gasteiger partial charge in [0.1, 0.15) is 11.6 Å². The van der Waals surface area contributed by atoms with E-state index < -0.39 is 0 Å². The van der Waals surface area contributed by atoms with Gasteiger partial charge in [0.25, 0.3) is 5.91 Å². The fourth-order valence-corrected chi connectivity index (χ4v) is 2.95. The summed E-state index contributed by atoms with van der Waals surface area (Å²) in [7, 11) is 0. The first-order valence-electron chi connectivity index (χ1n) is 8.52. The SMILES string of the molecule is CC(NC(=O)c1ccc(Cn2cc(Cl)cn2)cc1)c1nc2ccccc2o1. The van der Waals surface area contributed by atoms with Crippen LogP contribution in [0.1, 0.15) is 34.8 Å². The summed E-state index contributed by atoms with van der Waals surface area (Å²) in [6, 6.07) is 14.5. The molecule has 7 heteroatoms. The number of benzene rings is 2. The van der Waals surface area contributed by atoms with E-state index in [1.165, 1.54) is 0 Å². The van der Waals surface area contributed by atoms with Crippen molar-refractivity contribution < 1.29 is 9.21 Å². The summed E-state index contributed by atoms with van der Waals surface area (Å²) in [5, 5.41) is 7.66. The molecule has 6 nitrogen and oxygen atoms in total. The van der Waals surface area contributed by atoms with Crippen LogP contribution in [-0.2, 0) is 6.54 Å². The Morgan fingerprint density at radius 1 is 1.22 bits per heavy atom. The molecule has 2 heterocycles. The molecule has 4 aromatic rings. The van der Waals surface area contributed by atoms with Crippen molar-refractivity contribution >= 4 is 28.6 Å². The third-order valence-corrected chi connectivity index (χ3v) is 4.39. The van der Waals surface area contributed by atoms with E-state index in [9.17, 15) is 4.79 Å². The van der Waals surface area contributed by atoms with E-state index >= 15 is 0 Å². The van der Waals surface area contributed by atoms with Crippen LogP contribution in [0.25, 0.3) is 11.1 Å². The van der Waals surface area contributed by atoms with Gasteiger partial charge in [0.15, 0.2) is 5.58 Å². The number of fused-ring (bicyclic) bond motifs is 1. The van der Waals surface area contributed by atoms with E-state index in [0.717, 1.165) is 11.1 Å². The number of nitrogens with one attached hydrogen (secondary N) is 1. The maximum atomic E-state index is 12.5. The van der Waals surface area contributed by atoms with Gasteiger partial charge < -0.3 is 9.73 Å². The highest BCUT2D eigenvalue weighted by atomic mass is 35.5. The first-order chi connectivity index (χ1) is 13.1. The number of amides is 1. The first-order valence-corrected chi connectivity index (χ1v) is 8.89. The van der Waals surface area contributed by atoms with Crippen LogP contribution in [0.15, 0.2) is 65.3 Å². The summed E-state index contributed by atoms with van der Waals surface area (Å²) >= 11 is 5.87. The Bertz CT molecular complexity index is 1050. The molecule has 1 unspecified atom stereocenters. The number of aromatic nitrogens is 3. The van der Waals surface area contributed by atoms with Crippen molar-refractivity contribution in [3.8, 4) is 0 Å². The molecule has 0 aliphatic carbocycles. The number of rotatable bonds is 5. The van der Waals surface area contributed by atoms with Gasteiger partial charge in [0.05, 0.1) is 17.8 Å². The second-order valence-corrected chi connectivity index (χ2v) is 6.70. The van der Waals surface area contributed by atoms with Gasteiger partial charge in [0.2, 0.25) is 5.89 Å². The molecule has 136 valence electrons. The predicted octanol–water partition coefficient (Wildman–Crippen LogP) is 4.22. The molecule has 0 radical (unpaired) electrons. The van der Waals surface area contributed by atoms with E-state index in [1.54, 1.807) is 29.2 Å². The molecular formula is C20H17ClN4O2. The van der Waals surface area contributed by atoms with Gasteiger partial charge in [-0.05, 0) is 36.8 Å². The molecule has 2 aromatic heterocycles. The number of halogens is 1. The molecule has 1 amide bonds. The molecule has 0 aliphatic heterocycles. The lowest BCUT2D eigenvalue weighted by molar-refractivity contribution is 0.0934. The van der Waals surface area contributed by atoms with Gasteiger partial charge in [-0.15, -0.1) is 0 Å². The zero-order chi connectivity index (χ0) is 18.8. The van der Waals surface area contributed by atoms with Crippen molar-refractivity contribution in [1.29, 1.82) is 0 Å². The highest BCUT2D eigenvalue weighted by Gasteiger charge is 2.16. The van der Waals surface area contributed by atoms with Crippen molar-refractivity contribution in [3.05, 3.63) is 83.0 Å². The predicted molar refractivity (Wildman–Crippen MR) is 103 cm³/mol. The van der Waals surface area contributed by atoms with Crippen LogP contribution >= 0.6 is 11.6 Å². The minimum Gasteiger partial charge on any atom is -0.438 e. The highest BCUT2D eigenvalue weighted by molar-refractivity contribution is 6.30. The smallest absolute Gasteiger partial charge is 0.251 e. The Kier molecular flexibility index (Phi) is 4.64. The Morgan fingerprint density at radius 2 is 2.00 bits per heavy atom. The zero-order valence-corrected chi connectivity index (χ0v) is 15.3. The van der Waals surface area contributed by atoms with E-state index in [1.807, 2.05) is 43.3 Å². The van der Waals surface area contributed by atoms with Crippen LogP contribution in [0.3, 0.4) is 0 Å². The second-order valence-electron chi connectivity index (χ2n) is 6.27. The topological polar surface area (TPSA) is 73.0 Å². The minimum atomic E-state index is -0.337. The summed E-state index contributed by atoms with van der Waals surface area (Å²) in [6.07, 6.45) is 3.35. The average molecular weight is 381 g/mol. The highest BCUT2D eigenvalue weighted by Crippen LogP contribution is 2.20. The number of carbonyl (C=O) groups excluding carboxylic acids is 1. The third kappa shape index (κ3) is 3.85. The van der Waals surface area contributed by atoms with Gasteiger partial charge in [-0.25, -0.2) is 4.98 Å². The van der Waals surface area contributed by atoms with Crippen LogP contribution in [0.5, 0.6) is 0 Å². The van der Waals surface area contributed by atoms with Crippen LogP contribution < -0.4 is 5.32 Å². The molecule has 1 N–H and O–H groups in total. The van der Waals surface area contributed by atoms with Crippen molar-refractivity contribution in [2.45, 2.75) is 19.5 Å². The molecule has 0 aliphatic rings. The van der Waals surface area contributed by atoms with Crippen LogP contribution in [0.2, 0.25) is 5.02 Å². The van der Waals surface area contributed by atoms with Crippen LogP contribution in [0, 0.1) is 0 Å². The van der Waals surface area contributed by atoms with E-state index in [-0.39, 0.29) is 11.9 Å². The summed E-state index contributed by atoms with van der Waals surface area (Å²) in [5.41, 5.74) is 3.08. The summed E-state index contributed by atoms with van der Waals surface area (Å²) in [6.45, 7) is 2.44. The van der Waals surface area contributed by atoms with E-state index in [2.05, 4.69) is 15.4 Å². The fourth-order valence-electron chi connectivity index (χ4n) is 2.79. The molecular weight excluding hydrogens is 364 g/mol. The monoisotopic (exact) mass is 380 g/mol. The minimum absolute atomic E-state index is 0.182. The zero-order valence-electron chi connectivity index (χ0n) is 14.6. The maximum absolute atomic E-state index is 12.5. The lowest BCUT2D eigenvalue weighted by Crippen LogP contribution is -2.26. The molecule has 27 heavy (non-hydrogen) atoms. The van der Waals surface area contributed by atoms with Crippen molar-refractivity contribution in [2.75, 3.05) is 0 Å². The summed E-state index contributed by atoms with van der Waals surface area (Å²) in [4.78, 5) is 16.9. The Morgan fingerprint density at radius 3 is 2.70 bits per heavy atom. The number of hydrogen-bond acceptors (Lipinski definition) is 4. The fraction of sp³-hybridized carbons (Fsp3) is 0.150. The van der Waals surface area contributed by atoms with Gasteiger partial charge in [-0.2, -0.15) is 5.10 Å². The lowest BCUT2D eigenvalue weighted by Gasteiger charge is -2.11. The number of oxazole rings is 1. The third-order valence-electron chi connectivity index (χ3n) is 4.19. The van der Waals surface area contributed by atoms with Crippen LogP contribution in [0.4, 0.5) is 0 Å². The summed E-state index contributed by atoms with van der Waals surface area (Å²) in [5.74, 6) is 0.301. The van der Waals surface area contributed by atoms with Gasteiger partial charge in [0, 0.05) is 11.8 Å². The Hall–Kier alpha value is -3.12. The summed E-state index contributed by atoms with van der Waals surface area (Å²) < 4.78 is 7.45. The lowest BCUT2D eigenvalue weighted by atomic mass is 10.1. The quantitative estimate of drug-likeness (QED) is 0.562. The van der Waals surface area contributed by atoms with Gasteiger partial charge >= 0.3 is 0 Å². The van der Waals surface area contributed by atoms with E-state index in [4.69, 9.17) is 16.0 Å². The van der Waals surface area contributed by atoms with Crippen molar-refractivity contribution in [1.82, 2.24) is 20.1 Å². The van der Waals surface area contributed by atoms with Crippen molar-refractivity contribution in [2.24, 2.45) is 0 Å². The van der Waals surface area contributed by atoms with Gasteiger partial charge in [-0.3, -0.25) is 9.48 Å². The van der Waals surface area contributed by atoms with Crippen LogP contribution in [-0.4, -0.2) is 20.7 Å². The second kappa shape index (κ2) is 7.25. The average Bonchev–Trinajstić information content (AvgIpc) is 3.28. The number of carbonyl (C=O) groups is 1. The van der Waals surface area contributed by atoms with E-state index in [0.29, 0.717) is 28.6 Å². The molecule has 0 fully saturated rings.